The molecule has 19 heavy (non-hydrogen) atoms. The SMILES string of the molecule is CNCC1(CC2Cc3cc(C)ccc3O2)CCOC1. The van der Waals surface area contributed by atoms with Crippen LogP contribution in [0.5, 0.6) is 5.75 Å². The molecule has 1 saturated heterocycles. The van der Waals surface area contributed by atoms with Gasteiger partial charge in [0.05, 0.1) is 6.61 Å². The zero-order chi connectivity index (χ0) is 13.3. The Labute approximate surface area is 115 Å². The molecule has 3 heteroatoms. The van der Waals surface area contributed by atoms with Crippen LogP contribution in [-0.2, 0) is 11.2 Å². The summed E-state index contributed by atoms with van der Waals surface area (Å²) in [4.78, 5) is 0. The van der Waals surface area contributed by atoms with Crippen molar-refractivity contribution in [1.82, 2.24) is 5.32 Å². The smallest absolute Gasteiger partial charge is 0.123 e. The molecular weight excluding hydrogens is 238 g/mol. The molecule has 2 unspecified atom stereocenters. The van der Waals surface area contributed by atoms with E-state index in [9.17, 15) is 0 Å². The Morgan fingerprint density at radius 2 is 2.32 bits per heavy atom. The van der Waals surface area contributed by atoms with Crippen LogP contribution in [0, 0.1) is 12.3 Å². The summed E-state index contributed by atoms with van der Waals surface area (Å²) >= 11 is 0. The minimum absolute atomic E-state index is 0.260. The summed E-state index contributed by atoms with van der Waals surface area (Å²) in [6.07, 6.45) is 3.58. The van der Waals surface area contributed by atoms with E-state index in [1.807, 2.05) is 7.05 Å². The van der Waals surface area contributed by atoms with Gasteiger partial charge in [-0.05, 0) is 38.4 Å². The van der Waals surface area contributed by atoms with Crippen molar-refractivity contribution in [3.8, 4) is 5.75 Å². The summed E-state index contributed by atoms with van der Waals surface area (Å²) in [5.74, 6) is 1.08. The molecule has 2 aliphatic heterocycles. The van der Waals surface area contributed by atoms with Crippen molar-refractivity contribution >= 4 is 0 Å². The first-order valence-corrected chi connectivity index (χ1v) is 7.19. The summed E-state index contributed by atoms with van der Waals surface area (Å²) in [6, 6.07) is 6.50. The van der Waals surface area contributed by atoms with E-state index in [1.54, 1.807) is 0 Å². The lowest BCUT2D eigenvalue weighted by Gasteiger charge is -2.29. The van der Waals surface area contributed by atoms with Crippen molar-refractivity contribution in [2.75, 3.05) is 26.8 Å². The fourth-order valence-electron chi connectivity index (χ4n) is 3.44. The van der Waals surface area contributed by atoms with Crippen LogP contribution in [0.25, 0.3) is 0 Å². The Balaban J connectivity index is 1.69. The number of benzene rings is 1. The van der Waals surface area contributed by atoms with Gasteiger partial charge in [0.15, 0.2) is 0 Å². The maximum absolute atomic E-state index is 6.11. The quantitative estimate of drug-likeness (QED) is 0.902. The standard InChI is InChI=1S/C16H23NO2/c1-12-3-4-15-13(7-12)8-14(19-15)9-16(10-17-2)5-6-18-11-16/h3-4,7,14,17H,5-6,8-11H2,1-2H3. The van der Waals surface area contributed by atoms with Gasteiger partial charge in [-0.1, -0.05) is 17.7 Å². The lowest BCUT2D eigenvalue weighted by molar-refractivity contribution is 0.103. The highest BCUT2D eigenvalue weighted by Gasteiger charge is 2.39. The first kappa shape index (κ1) is 12.9. The Hall–Kier alpha value is -1.06. The van der Waals surface area contributed by atoms with Gasteiger partial charge in [0.2, 0.25) is 0 Å². The van der Waals surface area contributed by atoms with Crippen LogP contribution in [0.3, 0.4) is 0 Å². The number of hydrogen-bond acceptors (Lipinski definition) is 3. The molecular formula is C16H23NO2. The minimum atomic E-state index is 0.260. The zero-order valence-electron chi connectivity index (χ0n) is 11.9. The molecule has 104 valence electrons. The van der Waals surface area contributed by atoms with Crippen molar-refractivity contribution in [2.24, 2.45) is 5.41 Å². The van der Waals surface area contributed by atoms with Crippen molar-refractivity contribution in [3.05, 3.63) is 29.3 Å². The van der Waals surface area contributed by atoms with E-state index < -0.39 is 0 Å². The minimum Gasteiger partial charge on any atom is -0.490 e. The molecule has 1 fully saturated rings. The van der Waals surface area contributed by atoms with Gasteiger partial charge >= 0.3 is 0 Å². The van der Waals surface area contributed by atoms with E-state index in [0.717, 1.165) is 44.8 Å². The van der Waals surface area contributed by atoms with Crippen molar-refractivity contribution < 1.29 is 9.47 Å². The number of ether oxygens (including phenoxy) is 2. The van der Waals surface area contributed by atoms with Gasteiger partial charge in [-0.25, -0.2) is 0 Å². The Bertz CT molecular complexity index is 452. The van der Waals surface area contributed by atoms with Gasteiger partial charge < -0.3 is 14.8 Å². The summed E-state index contributed by atoms with van der Waals surface area (Å²) in [5.41, 5.74) is 2.94. The Morgan fingerprint density at radius 1 is 1.42 bits per heavy atom. The molecule has 0 spiro atoms. The highest BCUT2D eigenvalue weighted by Crippen LogP contribution is 2.38. The summed E-state index contributed by atoms with van der Waals surface area (Å²) in [6.45, 7) is 4.91. The van der Waals surface area contributed by atoms with E-state index in [1.165, 1.54) is 11.1 Å². The summed E-state index contributed by atoms with van der Waals surface area (Å²) in [7, 11) is 2.02. The van der Waals surface area contributed by atoms with Gasteiger partial charge in [-0.2, -0.15) is 0 Å². The molecule has 0 radical (unpaired) electrons. The topological polar surface area (TPSA) is 30.5 Å². The second kappa shape index (κ2) is 5.14. The highest BCUT2D eigenvalue weighted by atomic mass is 16.5. The van der Waals surface area contributed by atoms with E-state index in [4.69, 9.17) is 9.47 Å². The third kappa shape index (κ3) is 2.63. The predicted molar refractivity (Wildman–Crippen MR) is 75.7 cm³/mol. The predicted octanol–water partition coefficient (Wildman–Crippen LogP) is 2.31. The van der Waals surface area contributed by atoms with Gasteiger partial charge in [0.25, 0.3) is 0 Å². The van der Waals surface area contributed by atoms with Crippen LogP contribution in [0.2, 0.25) is 0 Å². The number of fused-ring (bicyclic) bond motifs is 1. The average Bonchev–Trinajstić information content (AvgIpc) is 2.96. The van der Waals surface area contributed by atoms with E-state index in [-0.39, 0.29) is 5.41 Å². The van der Waals surface area contributed by atoms with E-state index in [2.05, 4.69) is 30.4 Å². The Morgan fingerprint density at radius 3 is 3.05 bits per heavy atom. The molecule has 0 amide bonds. The van der Waals surface area contributed by atoms with Crippen molar-refractivity contribution in [3.63, 3.8) is 0 Å². The van der Waals surface area contributed by atoms with Crippen LogP contribution >= 0.6 is 0 Å². The average molecular weight is 261 g/mol. The monoisotopic (exact) mass is 261 g/mol. The van der Waals surface area contributed by atoms with Gasteiger partial charge in [-0.3, -0.25) is 0 Å². The molecule has 2 aliphatic rings. The number of rotatable bonds is 4. The van der Waals surface area contributed by atoms with Crippen LogP contribution in [0.4, 0.5) is 0 Å². The van der Waals surface area contributed by atoms with Crippen LogP contribution in [-0.4, -0.2) is 32.9 Å². The first-order chi connectivity index (χ1) is 9.21. The van der Waals surface area contributed by atoms with Crippen LogP contribution in [0.15, 0.2) is 18.2 Å². The first-order valence-electron chi connectivity index (χ1n) is 7.19. The second-order valence-corrected chi connectivity index (χ2v) is 6.09. The second-order valence-electron chi connectivity index (χ2n) is 6.09. The molecule has 1 N–H and O–H groups in total. The molecule has 3 rings (SSSR count). The summed E-state index contributed by atoms with van der Waals surface area (Å²) in [5, 5.41) is 3.32. The number of hydrogen-bond donors (Lipinski definition) is 1. The fourth-order valence-corrected chi connectivity index (χ4v) is 3.44. The Kier molecular flexibility index (Phi) is 3.50. The lowest BCUT2D eigenvalue weighted by atomic mass is 9.80. The molecule has 2 atom stereocenters. The normalized spacial score (nSPS) is 29.3. The number of nitrogens with one attached hydrogen (secondary N) is 1. The molecule has 0 aliphatic carbocycles. The lowest BCUT2D eigenvalue weighted by Crippen LogP contribution is -2.37. The van der Waals surface area contributed by atoms with E-state index >= 15 is 0 Å². The van der Waals surface area contributed by atoms with E-state index in [0.29, 0.717) is 6.10 Å². The number of aryl methyl sites for hydroxylation is 1. The van der Waals surface area contributed by atoms with Crippen LogP contribution in [0.1, 0.15) is 24.0 Å². The molecule has 1 aromatic carbocycles. The molecule has 3 nitrogen and oxygen atoms in total. The molecule has 1 aromatic rings. The zero-order valence-corrected chi connectivity index (χ0v) is 11.9. The van der Waals surface area contributed by atoms with Crippen LogP contribution < -0.4 is 10.1 Å². The molecule has 0 saturated carbocycles. The third-order valence-electron chi connectivity index (χ3n) is 4.35. The maximum atomic E-state index is 6.11. The highest BCUT2D eigenvalue weighted by molar-refractivity contribution is 5.40. The molecule has 0 aromatic heterocycles. The van der Waals surface area contributed by atoms with Gasteiger partial charge in [-0.15, -0.1) is 0 Å². The largest absolute Gasteiger partial charge is 0.490 e. The molecule has 0 bridgehead atoms. The van der Waals surface area contributed by atoms with Gasteiger partial charge in [0.1, 0.15) is 11.9 Å². The third-order valence-corrected chi connectivity index (χ3v) is 4.35. The van der Waals surface area contributed by atoms with Crippen molar-refractivity contribution in [2.45, 2.75) is 32.3 Å². The van der Waals surface area contributed by atoms with Crippen molar-refractivity contribution in [1.29, 1.82) is 0 Å². The molecule has 2 heterocycles. The summed E-state index contributed by atoms with van der Waals surface area (Å²) < 4.78 is 11.7. The fraction of sp³-hybridized carbons (Fsp3) is 0.625. The van der Waals surface area contributed by atoms with Gasteiger partial charge in [0, 0.05) is 25.0 Å². The maximum Gasteiger partial charge on any atom is 0.123 e.